The minimum atomic E-state index is -4.72. The molecule has 3 rings (SSSR count). The molecular weight excluding hydrogens is 341 g/mol. The number of nitrogens with zero attached hydrogens (tertiary/aromatic N) is 2. The fraction of sp³-hybridized carbons (Fsp3) is 0.333. The molecule has 0 spiro atoms. The van der Waals surface area contributed by atoms with Crippen LogP contribution in [0, 0.1) is 5.92 Å². The van der Waals surface area contributed by atoms with Crippen molar-refractivity contribution in [2.45, 2.75) is 19.0 Å². The minimum Gasteiger partial charge on any atom is -0.348 e. The van der Waals surface area contributed by atoms with Crippen molar-refractivity contribution >= 4 is 17.5 Å². The first-order chi connectivity index (χ1) is 11.8. The predicted octanol–water partition coefficient (Wildman–Crippen LogP) is 2.22. The topological polar surface area (TPSA) is 97.1 Å². The highest BCUT2D eigenvalue weighted by atomic mass is 19.4. The van der Waals surface area contributed by atoms with Crippen LogP contribution in [0.3, 0.4) is 0 Å². The molecule has 2 N–H and O–H groups in total. The van der Waals surface area contributed by atoms with Gasteiger partial charge in [0.2, 0.25) is 5.82 Å². The van der Waals surface area contributed by atoms with E-state index in [9.17, 15) is 22.8 Å². The van der Waals surface area contributed by atoms with Gasteiger partial charge in [-0.05, 0) is 43.0 Å². The number of nitrogens with one attached hydrogen (secondary N) is 2. The molecule has 1 aromatic carbocycles. The number of rotatable bonds is 4. The van der Waals surface area contributed by atoms with Crippen LogP contribution < -0.4 is 10.6 Å². The van der Waals surface area contributed by atoms with Gasteiger partial charge >= 0.3 is 23.9 Å². The average molecular weight is 354 g/mol. The minimum absolute atomic E-state index is 0.229. The van der Waals surface area contributed by atoms with Crippen molar-refractivity contribution in [3.63, 3.8) is 0 Å². The number of alkyl halides is 3. The number of carbonyl (C=O) groups is 2. The lowest BCUT2D eigenvalue weighted by Gasteiger charge is -2.06. The molecule has 1 heterocycles. The zero-order valence-corrected chi connectivity index (χ0v) is 12.8. The monoisotopic (exact) mass is 354 g/mol. The van der Waals surface area contributed by atoms with Crippen LogP contribution in [-0.2, 0) is 15.8 Å². The number of hydrogen-bond acceptors (Lipinski definition) is 5. The summed E-state index contributed by atoms with van der Waals surface area (Å²) in [6.07, 6.45) is -2.61. The molecule has 0 bridgehead atoms. The van der Waals surface area contributed by atoms with E-state index in [0.717, 1.165) is 12.8 Å². The third kappa shape index (κ3) is 4.34. The lowest BCUT2D eigenvalue weighted by Crippen LogP contribution is -2.36. The van der Waals surface area contributed by atoms with Crippen molar-refractivity contribution in [3.05, 3.63) is 30.2 Å². The van der Waals surface area contributed by atoms with Crippen LogP contribution in [-0.4, -0.2) is 28.5 Å². The highest BCUT2D eigenvalue weighted by Crippen LogP contribution is 2.29. The lowest BCUT2D eigenvalue weighted by molar-refractivity contribution is -0.159. The molecule has 1 saturated carbocycles. The summed E-state index contributed by atoms with van der Waals surface area (Å²) < 4.78 is 41.5. The number of anilines is 1. The van der Waals surface area contributed by atoms with E-state index in [1.54, 1.807) is 0 Å². The van der Waals surface area contributed by atoms with E-state index in [-0.39, 0.29) is 11.4 Å². The van der Waals surface area contributed by atoms with E-state index in [1.807, 2.05) is 0 Å². The maximum absolute atomic E-state index is 12.4. The number of carbonyl (C=O) groups excluding carboxylic acids is 2. The lowest BCUT2D eigenvalue weighted by atomic mass is 10.2. The summed E-state index contributed by atoms with van der Waals surface area (Å²) in [5, 5.41) is 8.19. The maximum atomic E-state index is 12.4. The zero-order valence-electron chi connectivity index (χ0n) is 12.8. The Bertz CT molecular complexity index is 782. The molecule has 10 heteroatoms. The van der Waals surface area contributed by atoms with Crippen LogP contribution in [0.4, 0.5) is 18.9 Å². The van der Waals surface area contributed by atoms with Crippen LogP contribution in [0.1, 0.15) is 18.7 Å². The second-order valence-electron chi connectivity index (χ2n) is 5.61. The van der Waals surface area contributed by atoms with Gasteiger partial charge in [-0.1, -0.05) is 5.16 Å². The molecule has 0 unspecified atom stereocenters. The Kier molecular flexibility index (Phi) is 4.43. The molecule has 0 saturated heterocycles. The van der Waals surface area contributed by atoms with E-state index in [1.165, 1.54) is 24.3 Å². The zero-order chi connectivity index (χ0) is 18.0. The van der Waals surface area contributed by atoms with Crippen molar-refractivity contribution in [1.82, 2.24) is 15.5 Å². The van der Waals surface area contributed by atoms with Crippen LogP contribution in [0.5, 0.6) is 0 Å². The quantitative estimate of drug-likeness (QED) is 0.821. The first-order valence-electron chi connectivity index (χ1n) is 7.43. The predicted molar refractivity (Wildman–Crippen MR) is 79.1 cm³/mol. The molecular formula is C15H13F3N4O3. The summed E-state index contributed by atoms with van der Waals surface area (Å²) in [6.45, 7) is 0.477. The van der Waals surface area contributed by atoms with Gasteiger partial charge in [-0.25, -0.2) is 0 Å². The molecule has 1 aliphatic rings. The summed E-state index contributed by atoms with van der Waals surface area (Å²) in [7, 11) is 0. The summed E-state index contributed by atoms with van der Waals surface area (Å²) in [5.41, 5.74) is 0.588. The molecule has 1 aliphatic carbocycles. The van der Waals surface area contributed by atoms with Gasteiger partial charge in [-0.2, -0.15) is 18.2 Å². The Morgan fingerprint density at radius 3 is 2.40 bits per heavy atom. The Morgan fingerprint density at radius 2 is 1.84 bits per heavy atom. The van der Waals surface area contributed by atoms with Gasteiger partial charge in [0.15, 0.2) is 0 Å². The normalized spacial score (nSPS) is 14.2. The van der Waals surface area contributed by atoms with Crippen molar-refractivity contribution in [2.24, 2.45) is 5.92 Å². The Balaban J connectivity index is 1.60. The number of hydrogen-bond donors (Lipinski definition) is 2. The van der Waals surface area contributed by atoms with Gasteiger partial charge in [0.25, 0.3) is 0 Å². The molecule has 25 heavy (non-hydrogen) atoms. The molecule has 2 aromatic rings. The first kappa shape index (κ1) is 16.9. The van der Waals surface area contributed by atoms with Gasteiger partial charge in [0.05, 0.1) is 0 Å². The Morgan fingerprint density at radius 1 is 1.16 bits per heavy atom. The first-order valence-corrected chi connectivity index (χ1v) is 7.43. The second-order valence-corrected chi connectivity index (χ2v) is 5.61. The summed E-state index contributed by atoms with van der Waals surface area (Å²) in [5.74, 6) is -2.76. The standard InChI is InChI=1S/C15H13F3N4O3/c16-15(17,18)14-21-11(22-25-14)9-3-5-10(6-4-9)20-13(24)12(23)19-7-8-1-2-8/h3-6,8H,1-2,7H2,(H,19,23)(H,20,24). The summed E-state index contributed by atoms with van der Waals surface area (Å²) in [6, 6.07) is 5.65. The van der Waals surface area contributed by atoms with Crippen molar-refractivity contribution in [3.8, 4) is 11.4 Å². The van der Waals surface area contributed by atoms with Crippen molar-refractivity contribution in [2.75, 3.05) is 11.9 Å². The highest BCUT2D eigenvalue weighted by Gasteiger charge is 2.38. The highest BCUT2D eigenvalue weighted by molar-refractivity contribution is 6.39. The fourth-order valence-electron chi connectivity index (χ4n) is 1.99. The number of amides is 2. The SMILES string of the molecule is O=C(NCC1CC1)C(=O)Nc1ccc(-c2noc(C(F)(F)F)n2)cc1. The van der Waals surface area contributed by atoms with Crippen LogP contribution >= 0.6 is 0 Å². The number of benzene rings is 1. The third-order valence-electron chi connectivity index (χ3n) is 3.52. The average Bonchev–Trinajstić information content (AvgIpc) is 3.25. The molecule has 1 aromatic heterocycles. The molecule has 7 nitrogen and oxygen atoms in total. The van der Waals surface area contributed by atoms with Crippen LogP contribution in [0.25, 0.3) is 11.4 Å². The molecule has 0 atom stereocenters. The van der Waals surface area contributed by atoms with Gasteiger partial charge in [-0.15, -0.1) is 0 Å². The summed E-state index contributed by atoms with van der Waals surface area (Å²) >= 11 is 0. The van der Waals surface area contributed by atoms with Crippen molar-refractivity contribution in [1.29, 1.82) is 0 Å². The molecule has 2 amide bonds. The number of aromatic nitrogens is 2. The second kappa shape index (κ2) is 6.54. The van der Waals surface area contributed by atoms with Crippen molar-refractivity contribution < 1.29 is 27.3 Å². The summed E-state index contributed by atoms with van der Waals surface area (Å²) in [4.78, 5) is 26.6. The van der Waals surface area contributed by atoms with E-state index in [2.05, 4.69) is 25.3 Å². The van der Waals surface area contributed by atoms with Gasteiger partial charge in [0, 0.05) is 17.8 Å². The molecule has 132 valence electrons. The van der Waals surface area contributed by atoms with E-state index < -0.39 is 23.9 Å². The smallest absolute Gasteiger partial charge is 0.348 e. The fourth-order valence-corrected chi connectivity index (χ4v) is 1.99. The van der Waals surface area contributed by atoms with Gasteiger partial charge in [-0.3, -0.25) is 9.59 Å². The van der Waals surface area contributed by atoms with E-state index in [4.69, 9.17) is 0 Å². The van der Waals surface area contributed by atoms with Gasteiger partial charge in [0.1, 0.15) is 0 Å². The number of halogens is 3. The van der Waals surface area contributed by atoms with Crippen LogP contribution in [0.2, 0.25) is 0 Å². The molecule has 0 aliphatic heterocycles. The van der Waals surface area contributed by atoms with Gasteiger partial charge < -0.3 is 15.2 Å². The molecule has 0 radical (unpaired) electrons. The van der Waals surface area contributed by atoms with Crippen LogP contribution in [0.15, 0.2) is 28.8 Å². The Labute approximate surface area is 139 Å². The third-order valence-corrected chi connectivity index (χ3v) is 3.52. The van der Waals surface area contributed by atoms with E-state index in [0.29, 0.717) is 18.2 Å². The molecule has 1 fully saturated rings. The van der Waals surface area contributed by atoms with E-state index >= 15 is 0 Å². The largest absolute Gasteiger partial charge is 0.471 e. The Hall–Kier alpha value is -2.91. The maximum Gasteiger partial charge on any atom is 0.471 e.